The van der Waals surface area contributed by atoms with Crippen LogP contribution in [0.25, 0.3) is 88.0 Å². The second kappa shape index (κ2) is 12.2. The Hall–Kier alpha value is -5.76. The topological polar surface area (TPSA) is 0 Å². The molecule has 0 aliphatic heterocycles. The van der Waals surface area contributed by atoms with Crippen LogP contribution in [0.3, 0.4) is 0 Å². The number of fused-ring (bicyclic) bond motifs is 3. The summed E-state index contributed by atoms with van der Waals surface area (Å²) >= 11 is 1.90. The van der Waals surface area contributed by atoms with E-state index in [1.54, 1.807) is 0 Å². The molecule has 1 heteroatoms. The Kier molecular flexibility index (Phi) is 7.45. The van der Waals surface area contributed by atoms with Crippen LogP contribution in [0, 0.1) is 0 Å². The molecule has 0 saturated carbocycles. The first-order valence-electron chi connectivity index (χ1n) is 15.9. The van der Waals surface area contributed by atoms with Gasteiger partial charge in [-0.3, -0.25) is 0 Å². The first-order chi connectivity index (χ1) is 23.2. The summed E-state index contributed by atoms with van der Waals surface area (Å²) < 4.78 is 1.29. The smallest absolute Gasteiger partial charge is 0.0446 e. The highest BCUT2D eigenvalue weighted by molar-refractivity contribution is 7.24. The van der Waals surface area contributed by atoms with E-state index in [1.807, 2.05) is 23.5 Å². The Morgan fingerprint density at radius 3 is 1.49 bits per heavy atom. The number of thiophene rings is 1. The lowest BCUT2D eigenvalue weighted by molar-refractivity contribution is 1.59. The van der Waals surface area contributed by atoms with Crippen molar-refractivity contribution in [3.05, 3.63) is 182 Å². The predicted octanol–water partition coefficient (Wildman–Crippen LogP) is 13.7. The summed E-state index contributed by atoms with van der Waals surface area (Å²) in [5.74, 6) is 0. The molecule has 0 aliphatic carbocycles. The molecule has 0 saturated heterocycles. The van der Waals surface area contributed by atoms with Crippen LogP contribution in [0.15, 0.2) is 171 Å². The van der Waals surface area contributed by atoms with Crippen molar-refractivity contribution in [2.45, 2.75) is 0 Å². The lowest BCUT2D eigenvalue weighted by atomic mass is 9.85. The molecule has 47 heavy (non-hydrogen) atoms. The summed E-state index contributed by atoms with van der Waals surface area (Å²) in [4.78, 5) is 1.28. The van der Waals surface area contributed by atoms with E-state index in [2.05, 4.69) is 171 Å². The largest absolute Gasteiger partial charge is 0.134 e. The summed E-state index contributed by atoms with van der Waals surface area (Å²) in [7, 11) is 0. The molecular weight excluding hydrogens is 585 g/mol. The van der Waals surface area contributed by atoms with E-state index in [9.17, 15) is 0 Å². The maximum atomic E-state index is 4.13. The van der Waals surface area contributed by atoms with E-state index in [1.165, 1.54) is 75.8 Å². The van der Waals surface area contributed by atoms with E-state index >= 15 is 0 Å². The summed E-state index contributed by atoms with van der Waals surface area (Å²) in [5, 5.41) is 3.79. The van der Waals surface area contributed by atoms with Gasteiger partial charge in [-0.1, -0.05) is 177 Å². The van der Waals surface area contributed by atoms with Gasteiger partial charge in [0.25, 0.3) is 0 Å². The second-order valence-corrected chi connectivity index (χ2v) is 12.8. The second-order valence-electron chi connectivity index (χ2n) is 11.7. The van der Waals surface area contributed by atoms with Gasteiger partial charge >= 0.3 is 0 Å². The first kappa shape index (κ1) is 28.7. The van der Waals surface area contributed by atoms with Crippen LogP contribution in [0.1, 0.15) is 11.1 Å². The minimum absolute atomic E-state index is 1.08. The van der Waals surface area contributed by atoms with Crippen molar-refractivity contribution < 1.29 is 0 Å². The SMILES string of the molecule is C=Cc1ccc(-c2c(-c3ccccc3)c3sc(-c4ccc(-c5ccccc5)cc4)c(-c4ccccc4)c3c3ccccc23)cc1C=C. The van der Waals surface area contributed by atoms with Gasteiger partial charge in [-0.25, -0.2) is 0 Å². The molecule has 7 aromatic carbocycles. The van der Waals surface area contributed by atoms with Crippen LogP contribution in [-0.2, 0) is 0 Å². The first-order valence-corrected chi connectivity index (χ1v) is 16.7. The average molecular weight is 617 g/mol. The minimum Gasteiger partial charge on any atom is -0.134 e. The highest BCUT2D eigenvalue weighted by Gasteiger charge is 2.25. The standard InChI is InChI=1S/C46H32S/c1-3-31-24-29-38(30-32(31)4-2)41-39-22-14-15-23-40(39)44-43(36-20-12-7-13-21-36)45(47-46(44)42(41)35-18-10-6-11-19-35)37-27-25-34(26-28-37)33-16-8-5-9-17-33/h3-30H,1-2H2. The quantitative estimate of drug-likeness (QED) is 0.167. The molecule has 0 bridgehead atoms. The molecule has 0 aliphatic rings. The van der Waals surface area contributed by atoms with Crippen LogP contribution in [0.5, 0.6) is 0 Å². The molecule has 8 rings (SSSR count). The fourth-order valence-electron chi connectivity index (χ4n) is 6.83. The maximum Gasteiger partial charge on any atom is 0.0446 e. The summed E-state index contributed by atoms with van der Waals surface area (Å²) in [5.41, 5.74) is 13.2. The number of benzene rings is 7. The molecule has 8 aromatic rings. The van der Waals surface area contributed by atoms with Crippen LogP contribution in [0.4, 0.5) is 0 Å². The van der Waals surface area contributed by atoms with Gasteiger partial charge in [0, 0.05) is 26.1 Å². The van der Waals surface area contributed by atoms with Crippen LogP contribution < -0.4 is 0 Å². The van der Waals surface area contributed by atoms with Crippen LogP contribution in [0.2, 0.25) is 0 Å². The highest BCUT2D eigenvalue weighted by atomic mass is 32.1. The lowest BCUT2D eigenvalue weighted by Gasteiger charge is -2.18. The van der Waals surface area contributed by atoms with Gasteiger partial charge in [0.2, 0.25) is 0 Å². The zero-order valence-corrected chi connectivity index (χ0v) is 26.8. The molecule has 1 aromatic heterocycles. The zero-order valence-electron chi connectivity index (χ0n) is 26.0. The molecule has 0 spiro atoms. The molecule has 0 unspecified atom stereocenters. The number of rotatable bonds is 7. The van der Waals surface area contributed by atoms with E-state index in [0.717, 1.165) is 11.1 Å². The van der Waals surface area contributed by atoms with Crippen LogP contribution >= 0.6 is 11.3 Å². The Labute approximate surface area is 280 Å². The summed E-state index contributed by atoms with van der Waals surface area (Å²) in [6.07, 6.45) is 3.83. The monoisotopic (exact) mass is 616 g/mol. The number of hydrogen-bond acceptors (Lipinski definition) is 1. The third-order valence-corrected chi connectivity index (χ3v) is 10.3. The van der Waals surface area contributed by atoms with Crippen molar-refractivity contribution in [3.8, 4) is 54.9 Å². The molecular formula is C46H32S. The Bertz CT molecular complexity index is 2400. The maximum absolute atomic E-state index is 4.13. The number of hydrogen-bond donors (Lipinski definition) is 0. The van der Waals surface area contributed by atoms with Gasteiger partial charge < -0.3 is 0 Å². The molecule has 0 radical (unpaired) electrons. The zero-order chi connectivity index (χ0) is 31.7. The molecule has 0 nitrogen and oxygen atoms in total. The van der Waals surface area contributed by atoms with Gasteiger partial charge in [-0.05, 0) is 66.9 Å². The van der Waals surface area contributed by atoms with Gasteiger partial charge in [-0.15, -0.1) is 11.3 Å². The Morgan fingerprint density at radius 2 is 0.872 bits per heavy atom. The van der Waals surface area contributed by atoms with Crippen molar-refractivity contribution in [1.29, 1.82) is 0 Å². The van der Waals surface area contributed by atoms with E-state index in [4.69, 9.17) is 0 Å². The summed E-state index contributed by atoms with van der Waals surface area (Å²) in [6, 6.07) is 57.0. The van der Waals surface area contributed by atoms with E-state index in [0.29, 0.717) is 0 Å². The van der Waals surface area contributed by atoms with Crippen molar-refractivity contribution >= 4 is 44.3 Å². The van der Waals surface area contributed by atoms with Gasteiger partial charge in [0.05, 0.1) is 0 Å². The minimum atomic E-state index is 1.08. The van der Waals surface area contributed by atoms with Crippen molar-refractivity contribution in [3.63, 3.8) is 0 Å². The van der Waals surface area contributed by atoms with Gasteiger partial charge in [0.15, 0.2) is 0 Å². The predicted molar refractivity (Wildman–Crippen MR) is 207 cm³/mol. The molecule has 0 atom stereocenters. The highest BCUT2D eigenvalue weighted by Crippen LogP contribution is 2.54. The van der Waals surface area contributed by atoms with E-state index < -0.39 is 0 Å². The van der Waals surface area contributed by atoms with Crippen molar-refractivity contribution in [2.24, 2.45) is 0 Å². The fraction of sp³-hybridized carbons (Fsp3) is 0. The Balaban J connectivity index is 1.51. The van der Waals surface area contributed by atoms with E-state index in [-0.39, 0.29) is 0 Å². The molecule has 0 amide bonds. The van der Waals surface area contributed by atoms with Crippen molar-refractivity contribution in [2.75, 3.05) is 0 Å². The van der Waals surface area contributed by atoms with Crippen LogP contribution in [-0.4, -0.2) is 0 Å². The molecule has 1 heterocycles. The van der Waals surface area contributed by atoms with Crippen molar-refractivity contribution in [1.82, 2.24) is 0 Å². The molecule has 222 valence electrons. The van der Waals surface area contributed by atoms with Gasteiger partial charge in [0.1, 0.15) is 0 Å². The Morgan fingerprint density at radius 1 is 0.383 bits per heavy atom. The molecule has 0 N–H and O–H groups in total. The summed E-state index contributed by atoms with van der Waals surface area (Å²) in [6.45, 7) is 8.17. The van der Waals surface area contributed by atoms with Gasteiger partial charge in [-0.2, -0.15) is 0 Å². The normalized spacial score (nSPS) is 11.1. The molecule has 0 fully saturated rings. The third kappa shape index (κ3) is 5.02. The third-order valence-electron chi connectivity index (χ3n) is 9.05. The average Bonchev–Trinajstić information content (AvgIpc) is 3.56. The lowest BCUT2D eigenvalue weighted by Crippen LogP contribution is -1.92. The fourth-order valence-corrected chi connectivity index (χ4v) is 8.25.